The first-order chi connectivity index (χ1) is 12.3. The summed E-state index contributed by atoms with van der Waals surface area (Å²) in [5, 5.41) is 3.34. The van der Waals surface area contributed by atoms with Gasteiger partial charge in [0.2, 0.25) is 11.8 Å². The number of carbonyl (C=O) groups excluding carboxylic acids is 3. The van der Waals surface area contributed by atoms with Gasteiger partial charge in [0.25, 0.3) is 0 Å². The molecule has 3 aliphatic rings. The zero-order valence-corrected chi connectivity index (χ0v) is 16.2. The summed E-state index contributed by atoms with van der Waals surface area (Å²) in [5.41, 5.74) is 0.709. The van der Waals surface area contributed by atoms with Gasteiger partial charge in [0.05, 0.1) is 16.5 Å². The molecule has 26 heavy (non-hydrogen) atoms. The van der Waals surface area contributed by atoms with Gasteiger partial charge in [0.15, 0.2) is 10.9 Å². The van der Waals surface area contributed by atoms with Crippen LogP contribution in [0.2, 0.25) is 0 Å². The summed E-state index contributed by atoms with van der Waals surface area (Å²) in [6.45, 7) is 4.63. The van der Waals surface area contributed by atoms with Crippen LogP contribution in [0.4, 0.5) is 5.13 Å². The van der Waals surface area contributed by atoms with Gasteiger partial charge in [-0.1, -0.05) is 38.0 Å². The molecule has 2 fully saturated rings. The molecular weight excluding hydrogens is 350 g/mol. The number of nitrogens with one attached hydrogen (secondary N) is 1. The Hall–Kier alpha value is -1.76. The Kier molecular flexibility index (Phi) is 4.37. The minimum atomic E-state index is -0.323. The van der Waals surface area contributed by atoms with Crippen LogP contribution in [0.25, 0.3) is 0 Å². The molecule has 1 N–H and O–H groups in total. The van der Waals surface area contributed by atoms with E-state index >= 15 is 0 Å². The smallest absolute Gasteiger partial charge is 0.231 e. The Labute approximate surface area is 157 Å². The zero-order chi connectivity index (χ0) is 18.5. The topological polar surface area (TPSA) is 79.4 Å². The van der Waals surface area contributed by atoms with Crippen LogP contribution in [0.1, 0.15) is 67.7 Å². The Morgan fingerprint density at radius 1 is 1.23 bits per heavy atom. The van der Waals surface area contributed by atoms with Gasteiger partial charge in [0.1, 0.15) is 0 Å². The summed E-state index contributed by atoms with van der Waals surface area (Å²) in [6.07, 6.45) is 5.98. The number of ketones is 1. The van der Waals surface area contributed by atoms with Crippen LogP contribution in [0, 0.1) is 11.3 Å². The van der Waals surface area contributed by atoms with Crippen molar-refractivity contribution in [1.29, 1.82) is 0 Å². The molecule has 0 spiro atoms. The molecule has 0 radical (unpaired) electrons. The third kappa shape index (κ3) is 3.29. The minimum Gasteiger partial charge on any atom is -0.339 e. The molecule has 140 valence electrons. The van der Waals surface area contributed by atoms with Gasteiger partial charge < -0.3 is 10.2 Å². The number of nitrogens with zero attached hydrogens (tertiary/aromatic N) is 2. The zero-order valence-electron chi connectivity index (χ0n) is 15.3. The first-order valence-corrected chi connectivity index (χ1v) is 10.3. The molecule has 1 aliphatic heterocycles. The third-order valence-corrected chi connectivity index (χ3v) is 6.81. The predicted molar refractivity (Wildman–Crippen MR) is 99.3 cm³/mol. The fraction of sp³-hybridized carbons (Fsp3) is 0.684. The molecular formula is C19H25N3O3S. The van der Waals surface area contributed by atoms with E-state index in [2.05, 4.69) is 24.1 Å². The molecule has 7 heteroatoms. The lowest BCUT2D eigenvalue weighted by Gasteiger charge is -2.26. The second-order valence-electron chi connectivity index (χ2n) is 8.61. The lowest BCUT2D eigenvalue weighted by atomic mass is 9.78. The van der Waals surface area contributed by atoms with Crippen molar-refractivity contribution in [2.75, 3.05) is 11.9 Å². The number of hydrogen-bond donors (Lipinski definition) is 1. The van der Waals surface area contributed by atoms with Gasteiger partial charge in [-0.2, -0.15) is 0 Å². The van der Waals surface area contributed by atoms with Crippen LogP contribution in [0.5, 0.6) is 0 Å². The minimum absolute atomic E-state index is 0.0842. The Balaban J connectivity index is 1.43. The van der Waals surface area contributed by atoms with Crippen molar-refractivity contribution in [2.45, 2.75) is 64.8 Å². The molecule has 0 aromatic carbocycles. The highest BCUT2D eigenvalue weighted by Crippen LogP contribution is 2.38. The molecule has 1 aromatic heterocycles. The van der Waals surface area contributed by atoms with Crippen molar-refractivity contribution in [3.63, 3.8) is 0 Å². The Bertz CT molecular complexity index is 764. The third-order valence-electron chi connectivity index (χ3n) is 5.76. The number of rotatable bonds is 3. The summed E-state index contributed by atoms with van der Waals surface area (Å²) in [5.74, 6) is -0.280. The highest BCUT2D eigenvalue weighted by atomic mass is 32.1. The van der Waals surface area contributed by atoms with Gasteiger partial charge in [-0.15, -0.1) is 0 Å². The van der Waals surface area contributed by atoms with E-state index in [1.54, 1.807) is 0 Å². The van der Waals surface area contributed by atoms with E-state index in [9.17, 15) is 14.4 Å². The molecule has 1 saturated carbocycles. The molecule has 1 atom stereocenters. The van der Waals surface area contributed by atoms with E-state index in [0.29, 0.717) is 29.0 Å². The van der Waals surface area contributed by atoms with Crippen LogP contribution >= 0.6 is 11.3 Å². The van der Waals surface area contributed by atoms with Crippen molar-refractivity contribution in [3.05, 3.63) is 10.6 Å². The second kappa shape index (κ2) is 6.44. The Morgan fingerprint density at radius 2 is 1.96 bits per heavy atom. The fourth-order valence-electron chi connectivity index (χ4n) is 4.46. The number of Topliss-reactive ketones (excluding diaryl/α,β-unsaturated/α-hetero) is 1. The standard InChI is InChI=1S/C19H25N3O3S/c1-19(2)8-13-16(14(23)9-19)26-18(20-13)21-17(25)11-7-15(24)22(10-11)12-5-3-4-6-12/h11-12H,3-10H2,1-2H3,(H,20,21,25). The second-order valence-corrected chi connectivity index (χ2v) is 9.61. The lowest BCUT2D eigenvalue weighted by molar-refractivity contribution is -0.129. The maximum atomic E-state index is 12.6. The molecule has 1 aromatic rings. The van der Waals surface area contributed by atoms with E-state index in [1.807, 2.05) is 4.90 Å². The number of fused-ring (bicyclic) bond motifs is 1. The van der Waals surface area contributed by atoms with Gasteiger partial charge >= 0.3 is 0 Å². The van der Waals surface area contributed by atoms with Crippen molar-refractivity contribution >= 4 is 34.1 Å². The van der Waals surface area contributed by atoms with Crippen molar-refractivity contribution in [1.82, 2.24) is 9.88 Å². The van der Waals surface area contributed by atoms with Crippen LogP contribution < -0.4 is 5.32 Å². The van der Waals surface area contributed by atoms with Crippen LogP contribution in [-0.4, -0.2) is 40.1 Å². The SMILES string of the molecule is CC1(C)CC(=O)c2sc(NC(=O)C3CC(=O)N(C4CCCC4)C3)nc2C1. The van der Waals surface area contributed by atoms with E-state index in [4.69, 9.17) is 0 Å². The number of thiazole rings is 1. The fourth-order valence-corrected chi connectivity index (χ4v) is 5.38. The first kappa shape index (κ1) is 17.6. The molecule has 2 aliphatic carbocycles. The molecule has 1 saturated heterocycles. The molecule has 4 rings (SSSR count). The molecule has 2 amide bonds. The number of anilines is 1. The number of aromatic nitrogens is 1. The van der Waals surface area contributed by atoms with E-state index in [-0.39, 0.29) is 35.4 Å². The van der Waals surface area contributed by atoms with Crippen molar-refractivity contribution in [3.8, 4) is 0 Å². The van der Waals surface area contributed by atoms with Crippen LogP contribution in [0.15, 0.2) is 0 Å². The molecule has 0 bridgehead atoms. The van der Waals surface area contributed by atoms with Gasteiger partial charge in [-0.3, -0.25) is 14.4 Å². The van der Waals surface area contributed by atoms with E-state index in [0.717, 1.165) is 25.0 Å². The number of likely N-dealkylation sites (tertiary alicyclic amines) is 1. The van der Waals surface area contributed by atoms with E-state index < -0.39 is 0 Å². The maximum Gasteiger partial charge on any atom is 0.231 e. The number of carbonyl (C=O) groups is 3. The average Bonchev–Trinajstić information content (AvgIpc) is 3.25. The van der Waals surface area contributed by atoms with Gasteiger partial charge in [-0.25, -0.2) is 4.98 Å². The number of amides is 2. The summed E-state index contributed by atoms with van der Waals surface area (Å²) in [7, 11) is 0. The van der Waals surface area contributed by atoms with Crippen LogP contribution in [0.3, 0.4) is 0 Å². The quantitative estimate of drug-likeness (QED) is 0.881. The average molecular weight is 375 g/mol. The summed E-state index contributed by atoms with van der Waals surface area (Å²) in [4.78, 5) is 44.3. The summed E-state index contributed by atoms with van der Waals surface area (Å²) < 4.78 is 0. The number of hydrogen-bond acceptors (Lipinski definition) is 5. The highest BCUT2D eigenvalue weighted by Gasteiger charge is 2.39. The molecule has 2 heterocycles. The highest BCUT2D eigenvalue weighted by molar-refractivity contribution is 7.17. The predicted octanol–water partition coefficient (Wildman–Crippen LogP) is 3.03. The van der Waals surface area contributed by atoms with E-state index in [1.165, 1.54) is 24.2 Å². The largest absolute Gasteiger partial charge is 0.339 e. The maximum absolute atomic E-state index is 12.6. The Morgan fingerprint density at radius 3 is 2.69 bits per heavy atom. The summed E-state index contributed by atoms with van der Waals surface area (Å²) >= 11 is 1.27. The normalized spacial score (nSPS) is 25.6. The first-order valence-electron chi connectivity index (χ1n) is 9.46. The lowest BCUT2D eigenvalue weighted by Crippen LogP contribution is -2.35. The van der Waals surface area contributed by atoms with Gasteiger partial charge in [-0.05, 0) is 24.7 Å². The van der Waals surface area contributed by atoms with Crippen LogP contribution in [-0.2, 0) is 16.0 Å². The van der Waals surface area contributed by atoms with Crippen molar-refractivity contribution < 1.29 is 14.4 Å². The van der Waals surface area contributed by atoms with Crippen molar-refractivity contribution in [2.24, 2.45) is 11.3 Å². The van der Waals surface area contributed by atoms with Gasteiger partial charge in [0, 0.05) is 25.4 Å². The molecule has 1 unspecified atom stereocenters. The summed E-state index contributed by atoms with van der Waals surface area (Å²) in [6, 6.07) is 0.312. The molecule has 6 nitrogen and oxygen atoms in total. The monoisotopic (exact) mass is 375 g/mol.